The van der Waals surface area contributed by atoms with E-state index in [1.807, 2.05) is 42.5 Å². The summed E-state index contributed by atoms with van der Waals surface area (Å²) in [5, 5.41) is 16.4. The van der Waals surface area contributed by atoms with Crippen LogP contribution in [0.4, 0.5) is 11.4 Å². The van der Waals surface area contributed by atoms with Crippen molar-refractivity contribution in [2.75, 3.05) is 5.32 Å². The van der Waals surface area contributed by atoms with Crippen LogP contribution in [0.1, 0.15) is 52.0 Å². The topological polar surface area (TPSA) is 78.4 Å². The van der Waals surface area contributed by atoms with Crippen molar-refractivity contribution in [3.05, 3.63) is 101 Å². The first kappa shape index (κ1) is 23.7. The second kappa shape index (κ2) is 11.1. The molecule has 0 aromatic heterocycles. The van der Waals surface area contributed by atoms with Gasteiger partial charge in [0.1, 0.15) is 0 Å². The molecule has 174 valence electrons. The summed E-state index contributed by atoms with van der Waals surface area (Å²) >= 11 is 6.16. The molecule has 1 fully saturated rings. The summed E-state index contributed by atoms with van der Waals surface area (Å²) in [4.78, 5) is 25.4. The zero-order chi connectivity index (χ0) is 23.9. The van der Waals surface area contributed by atoms with E-state index in [0.717, 1.165) is 36.9 Å². The number of ketones is 1. The van der Waals surface area contributed by atoms with Crippen molar-refractivity contribution in [2.24, 2.45) is 0 Å². The Labute approximate surface area is 204 Å². The van der Waals surface area contributed by atoms with E-state index in [4.69, 9.17) is 11.6 Å². The van der Waals surface area contributed by atoms with Crippen molar-refractivity contribution >= 4 is 40.7 Å². The van der Waals surface area contributed by atoms with Gasteiger partial charge < -0.3 is 15.7 Å². The normalized spacial score (nSPS) is 17.9. The molecule has 0 aliphatic heterocycles. The molecule has 34 heavy (non-hydrogen) atoms. The molecule has 0 atom stereocenters. The van der Waals surface area contributed by atoms with Gasteiger partial charge in [0.2, 0.25) is 0 Å². The number of para-hydroxylation sites is 1. The molecular weight excluding hydrogens is 448 g/mol. The summed E-state index contributed by atoms with van der Waals surface area (Å²) in [7, 11) is 0. The maximum atomic E-state index is 12.9. The fourth-order valence-electron chi connectivity index (χ4n) is 4.01. The van der Waals surface area contributed by atoms with Gasteiger partial charge in [-0.2, -0.15) is 0 Å². The smallest absolute Gasteiger partial charge is 0.251 e. The molecule has 0 spiro atoms. The number of halogens is 1. The van der Waals surface area contributed by atoms with Crippen molar-refractivity contribution < 1.29 is 14.7 Å². The monoisotopic (exact) mass is 474 g/mol. The number of carbonyl (C=O) groups excluding carboxylic acids is 2. The molecule has 4 rings (SSSR count). The third kappa shape index (κ3) is 6.34. The van der Waals surface area contributed by atoms with Gasteiger partial charge in [-0.1, -0.05) is 48.0 Å². The third-order valence-corrected chi connectivity index (χ3v) is 6.17. The lowest BCUT2D eigenvalue weighted by Crippen LogP contribution is -2.38. The zero-order valence-corrected chi connectivity index (χ0v) is 19.5. The summed E-state index contributed by atoms with van der Waals surface area (Å²) in [5.74, 6) is -0.276. The number of hydrogen-bond donors (Lipinski definition) is 3. The number of anilines is 2. The van der Waals surface area contributed by atoms with Gasteiger partial charge in [-0.05, 0) is 79.8 Å². The highest BCUT2D eigenvalue weighted by atomic mass is 35.5. The molecular formula is C28H27ClN2O3. The summed E-state index contributed by atoms with van der Waals surface area (Å²) in [6.45, 7) is 0. The number of amides is 1. The minimum atomic E-state index is -0.250. The number of nitrogens with one attached hydrogen (secondary N) is 2. The Hall–Kier alpha value is -3.41. The lowest BCUT2D eigenvalue weighted by atomic mass is 9.93. The highest BCUT2D eigenvalue weighted by Crippen LogP contribution is 2.26. The van der Waals surface area contributed by atoms with E-state index in [1.54, 1.807) is 36.4 Å². The van der Waals surface area contributed by atoms with E-state index in [9.17, 15) is 14.7 Å². The van der Waals surface area contributed by atoms with E-state index < -0.39 is 0 Å². The van der Waals surface area contributed by atoms with Crippen LogP contribution in [0.25, 0.3) is 6.08 Å². The van der Waals surface area contributed by atoms with Crippen LogP contribution in [0.2, 0.25) is 5.02 Å². The molecule has 0 unspecified atom stereocenters. The summed E-state index contributed by atoms with van der Waals surface area (Å²) < 4.78 is 0. The lowest BCUT2D eigenvalue weighted by molar-refractivity contribution is 0.0867. The van der Waals surface area contributed by atoms with Gasteiger partial charge in [-0.15, -0.1) is 0 Å². The van der Waals surface area contributed by atoms with Crippen molar-refractivity contribution in [1.82, 2.24) is 5.32 Å². The molecule has 3 aromatic rings. The average molecular weight is 475 g/mol. The van der Waals surface area contributed by atoms with Crippen LogP contribution in [-0.2, 0) is 0 Å². The maximum Gasteiger partial charge on any atom is 0.251 e. The molecule has 3 N–H and O–H groups in total. The van der Waals surface area contributed by atoms with Crippen molar-refractivity contribution in [2.45, 2.75) is 37.8 Å². The number of aliphatic hydroxyl groups is 1. The van der Waals surface area contributed by atoms with Crippen LogP contribution in [0.15, 0.2) is 78.9 Å². The first-order valence-electron chi connectivity index (χ1n) is 11.4. The highest BCUT2D eigenvalue weighted by Gasteiger charge is 2.21. The van der Waals surface area contributed by atoms with Gasteiger partial charge in [0.25, 0.3) is 5.91 Å². The molecule has 0 saturated heterocycles. The number of rotatable bonds is 7. The summed E-state index contributed by atoms with van der Waals surface area (Å²) in [5.41, 5.74) is 3.40. The first-order valence-corrected chi connectivity index (χ1v) is 11.8. The number of aliphatic hydroxyl groups excluding tert-OH is 1. The number of hydrogen-bond acceptors (Lipinski definition) is 4. The van der Waals surface area contributed by atoms with Crippen LogP contribution in [0.3, 0.4) is 0 Å². The second-order valence-electron chi connectivity index (χ2n) is 8.48. The molecule has 6 heteroatoms. The Bertz CT molecular complexity index is 1170. The molecule has 0 bridgehead atoms. The third-order valence-electron chi connectivity index (χ3n) is 5.93. The van der Waals surface area contributed by atoms with Gasteiger partial charge in [0.05, 0.1) is 11.8 Å². The van der Waals surface area contributed by atoms with Crippen molar-refractivity contribution in [3.8, 4) is 0 Å². The fourth-order valence-corrected chi connectivity index (χ4v) is 4.18. The average Bonchev–Trinajstić information content (AvgIpc) is 2.85. The van der Waals surface area contributed by atoms with Crippen LogP contribution >= 0.6 is 11.6 Å². The van der Waals surface area contributed by atoms with Gasteiger partial charge in [0, 0.05) is 27.9 Å². The van der Waals surface area contributed by atoms with E-state index in [2.05, 4.69) is 10.6 Å². The van der Waals surface area contributed by atoms with Crippen molar-refractivity contribution in [3.63, 3.8) is 0 Å². The molecule has 1 aliphatic carbocycles. The number of allylic oxidation sites excluding steroid dienone is 1. The van der Waals surface area contributed by atoms with Crippen LogP contribution in [0, 0.1) is 0 Å². The van der Waals surface area contributed by atoms with E-state index in [1.165, 1.54) is 6.08 Å². The molecule has 1 aliphatic rings. The minimum absolute atomic E-state index is 0.103. The molecule has 1 saturated carbocycles. The SMILES string of the molecule is O=C(N[C@H]1CC[C@H](O)CC1)c1ccc(/C=C/C(=O)c2ccc(Cl)cc2Nc2ccccc2)cc1. The molecule has 3 aromatic carbocycles. The molecule has 1 amide bonds. The molecule has 0 radical (unpaired) electrons. The quantitative estimate of drug-likeness (QED) is 0.289. The van der Waals surface area contributed by atoms with Gasteiger partial charge in [-0.25, -0.2) is 0 Å². The molecule has 0 heterocycles. The lowest BCUT2D eigenvalue weighted by Gasteiger charge is -2.26. The van der Waals surface area contributed by atoms with Crippen LogP contribution in [0.5, 0.6) is 0 Å². The van der Waals surface area contributed by atoms with Crippen molar-refractivity contribution in [1.29, 1.82) is 0 Å². The van der Waals surface area contributed by atoms with Gasteiger partial charge >= 0.3 is 0 Å². The first-order chi connectivity index (χ1) is 16.5. The predicted octanol–water partition coefficient (Wildman–Crippen LogP) is 6.01. The Kier molecular flexibility index (Phi) is 7.78. The van der Waals surface area contributed by atoms with Gasteiger partial charge in [0.15, 0.2) is 5.78 Å². The highest BCUT2D eigenvalue weighted by molar-refractivity contribution is 6.31. The number of benzene rings is 3. The predicted molar refractivity (Wildman–Crippen MR) is 137 cm³/mol. The Morgan fingerprint density at radius 2 is 1.62 bits per heavy atom. The Morgan fingerprint density at radius 1 is 0.912 bits per heavy atom. The van der Waals surface area contributed by atoms with E-state index >= 15 is 0 Å². The Morgan fingerprint density at radius 3 is 2.32 bits per heavy atom. The fraction of sp³-hybridized carbons (Fsp3) is 0.214. The van der Waals surface area contributed by atoms with E-state index in [0.29, 0.717) is 21.8 Å². The maximum absolute atomic E-state index is 12.9. The zero-order valence-electron chi connectivity index (χ0n) is 18.7. The van der Waals surface area contributed by atoms with Crippen LogP contribution < -0.4 is 10.6 Å². The molecule has 5 nitrogen and oxygen atoms in total. The van der Waals surface area contributed by atoms with E-state index in [-0.39, 0.29) is 23.8 Å². The van der Waals surface area contributed by atoms with Gasteiger partial charge in [-0.3, -0.25) is 9.59 Å². The number of carbonyl (C=O) groups is 2. The Balaban J connectivity index is 1.41. The largest absolute Gasteiger partial charge is 0.393 e. The minimum Gasteiger partial charge on any atom is -0.393 e. The van der Waals surface area contributed by atoms with Crippen LogP contribution in [-0.4, -0.2) is 28.9 Å². The second-order valence-corrected chi connectivity index (χ2v) is 8.92. The summed E-state index contributed by atoms with van der Waals surface area (Å²) in [6, 6.07) is 22.0. The standard InChI is InChI=1S/C28H27ClN2O3/c29-21-11-16-25(26(18-21)30-22-4-2-1-3-5-22)27(33)17-8-19-6-9-20(10-7-19)28(34)31-23-12-14-24(32)15-13-23/h1-11,16-18,23-24,30,32H,12-15H2,(H,31,34)/b17-8+/t23-,24-. The summed E-state index contributed by atoms with van der Waals surface area (Å²) in [6.07, 6.45) is 6.02.